The van der Waals surface area contributed by atoms with Crippen LogP contribution < -0.4 is 11.1 Å². The highest BCUT2D eigenvalue weighted by atomic mass is 79.9. The summed E-state index contributed by atoms with van der Waals surface area (Å²) in [6, 6.07) is 10.7. The maximum absolute atomic E-state index is 12.2. The van der Waals surface area contributed by atoms with Crippen molar-refractivity contribution < 1.29 is 4.79 Å². The third-order valence-electron chi connectivity index (χ3n) is 2.98. The van der Waals surface area contributed by atoms with E-state index >= 15 is 0 Å². The number of rotatable bonds is 2. The van der Waals surface area contributed by atoms with Crippen LogP contribution in [-0.4, -0.2) is 15.9 Å². The SMILES string of the molecule is Nc1c(Br)cccc1C(=O)Nc1ccc2nc[nH]c2c1. The summed E-state index contributed by atoms with van der Waals surface area (Å²) in [5.41, 5.74) is 9.15. The molecule has 0 fully saturated rings. The third kappa shape index (κ3) is 2.25. The summed E-state index contributed by atoms with van der Waals surface area (Å²) in [6.45, 7) is 0. The second-order valence-corrected chi connectivity index (χ2v) is 5.14. The average molecular weight is 331 g/mol. The summed E-state index contributed by atoms with van der Waals surface area (Å²) in [5.74, 6) is -0.248. The van der Waals surface area contributed by atoms with Gasteiger partial charge in [-0.3, -0.25) is 4.79 Å². The predicted molar refractivity (Wildman–Crippen MR) is 82.6 cm³/mol. The summed E-state index contributed by atoms with van der Waals surface area (Å²) in [6.07, 6.45) is 1.61. The number of imidazole rings is 1. The molecule has 0 aliphatic heterocycles. The number of hydrogen-bond donors (Lipinski definition) is 3. The number of nitrogens with two attached hydrogens (primary N) is 1. The lowest BCUT2D eigenvalue weighted by atomic mass is 10.1. The topological polar surface area (TPSA) is 83.8 Å². The maximum Gasteiger partial charge on any atom is 0.257 e. The lowest BCUT2D eigenvalue weighted by Crippen LogP contribution is -2.14. The highest BCUT2D eigenvalue weighted by Crippen LogP contribution is 2.24. The van der Waals surface area contributed by atoms with Gasteiger partial charge in [-0.1, -0.05) is 6.07 Å². The Hall–Kier alpha value is -2.34. The second-order valence-electron chi connectivity index (χ2n) is 4.29. The number of H-pyrrole nitrogens is 1. The van der Waals surface area contributed by atoms with Crippen molar-refractivity contribution in [1.82, 2.24) is 9.97 Å². The van der Waals surface area contributed by atoms with Crippen molar-refractivity contribution in [2.24, 2.45) is 0 Å². The van der Waals surface area contributed by atoms with Crippen molar-refractivity contribution in [1.29, 1.82) is 0 Å². The standard InChI is InChI=1S/C14H11BrN4O/c15-10-3-1-2-9(13(10)16)14(20)19-8-4-5-11-12(6-8)18-7-17-11/h1-7H,16H2,(H,17,18)(H,19,20). The minimum atomic E-state index is -0.248. The molecule has 0 saturated heterocycles. The van der Waals surface area contributed by atoms with Gasteiger partial charge in [0.25, 0.3) is 5.91 Å². The highest BCUT2D eigenvalue weighted by molar-refractivity contribution is 9.10. The molecule has 0 aliphatic rings. The second kappa shape index (κ2) is 4.97. The van der Waals surface area contributed by atoms with Gasteiger partial charge in [-0.05, 0) is 46.3 Å². The van der Waals surface area contributed by atoms with E-state index < -0.39 is 0 Å². The lowest BCUT2D eigenvalue weighted by Gasteiger charge is -2.08. The summed E-state index contributed by atoms with van der Waals surface area (Å²) in [7, 11) is 0. The van der Waals surface area contributed by atoms with Crippen LogP contribution in [0.2, 0.25) is 0 Å². The van der Waals surface area contributed by atoms with Crippen molar-refractivity contribution in [3.63, 3.8) is 0 Å². The zero-order chi connectivity index (χ0) is 14.1. The summed E-state index contributed by atoms with van der Waals surface area (Å²) in [4.78, 5) is 19.4. The summed E-state index contributed by atoms with van der Waals surface area (Å²) in [5, 5.41) is 2.82. The third-order valence-corrected chi connectivity index (χ3v) is 3.67. The van der Waals surface area contributed by atoms with E-state index in [9.17, 15) is 4.79 Å². The number of carbonyl (C=O) groups excluding carboxylic acids is 1. The minimum absolute atomic E-state index is 0.248. The Bertz CT molecular complexity index is 797. The van der Waals surface area contributed by atoms with Gasteiger partial charge in [0.2, 0.25) is 0 Å². The number of nitrogens with zero attached hydrogens (tertiary/aromatic N) is 1. The number of para-hydroxylation sites is 1. The Morgan fingerprint density at radius 2 is 2.15 bits per heavy atom. The molecule has 1 aromatic heterocycles. The molecule has 1 amide bonds. The van der Waals surface area contributed by atoms with Gasteiger partial charge in [0, 0.05) is 10.2 Å². The van der Waals surface area contributed by atoms with Gasteiger partial charge in [0.1, 0.15) is 0 Å². The largest absolute Gasteiger partial charge is 0.397 e. The van der Waals surface area contributed by atoms with Crippen LogP contribution in [0.3, 0.4) is 0 Å². The molecule has 3 aromatic rings. The molecule has 2 aromatic carbocycles. The smallest absolute Gasteiger partial charge is 0.257 e. The van der Waals surface area contributed by atoms with Crippen molar-refractivity contribution in [3.05, 3.63) is 52.8 Å². The Morgan fingerprint density at radius 3 is 3.00 bits per heavy atom. The van der Waals surface area contributed by atoms with Gasteiger partial charge in [0.05, 0.1) is 28.6 Å². The van der Waals surface area contributed by atoms with Gasteiger partial charge < -0.3 is 16.0 Å². The molecule has 0 radical (unpaired) electrons. The van der Waals surface area contributed by atoms with Gasteiger partial charge in [-0.2, -0.15) is 0 Å². The summed E-state index contributed by atoms with van der Waals surface area (Å²) >= 11 is 3.31. The van der Waals surface area contributed by atoms with Crippen LogP contribution in [0.1, 0.15) is 10.4 Å². The number of hydrogen-bond acceptors (Lipinski definition) is 3. The summed E-state index contributed by atoms with van der Waals surface area (Å²) < 4.78 is 0.703. The fourth-order valence-corrected chi connectivity index (χ4v) is 2.31. The molecule has 3 rings (SSSR count). The molecule has 0 bridgehead atoms. The van der Waals surface area contributed by atoms with Gasteiger partial charge in [-0.15, -0.1) is 0 Å². The van der Waals surface area contributed by atoms with Crippen LogP contribution >= 0.6 is 15.9 Å². The van der Waals surface area contributed by atoms with Crippen molar-refractivity contribution >= 4 is 44.2 Å². The minimum Gasteiger partial charge on any atom is -0.397 e. The van der Waals surface area contributed by atoms with E-state index in [1.165, 1.54) is 0 Å². The van der Waals surface area contributed by atoms with E-state index in [1.54, 1.807) is 30.6 Å². The molecular formula is C14H11BrN4O. The Kier molecular flexibility index (Phi) is 3.15. The number of amides is 1. The molecule has 0 atom stereocenters. The fraction of sp³-hybridized carbons (Fsp3) is 0. The molecular weight excluding hydrogens is 320 g/mol. The monoisotopic (exact) mass is 330 g/mol. The van der Waals surface area contributed by atoms with E-state index in [4.69, 9.17) is 5.73 Å². The zero-order valence-corrected chi connectivity index (χ0v) is 11.9. The van der Waals surface area contributed by atoms with Gasteiger partial charge in [0.15, 0.2) is 0 Å². The van der Waals surface area contributed by atoms with Crippen molar-refractivity contribution in [2.45, 2.75) is 0 Å². The number of carbonyl (C=O) groups is 1. The first-order valence-corrected chi connectivity index (χ1v) is 6.73. The molecule has 100 valence electrons. The number of anilines is 2. The molecule has 0 saturated carbocycles. The number of nitrogen functional groups attached to an aromatic ring is 1. The number of aromatic amines is 1. The number of benzene rings is 2. The van der Waals surface area contributed by atoms with E-state index in [0.717, 1.165) is 11.0 Å². The molecule has 5 nitrogen and oxygen atoms in total. The molecule has 0 spiro atoms. The van der Waals surface area contributed by atoms with E-state index in [-0.39, 0.29) is 5.91 Å². The predicted octanol–water partition coefficient (Wildman–Crippen LogP) is 3.16. The molecule has 1 heterocycles. The maximum atomic E-state index is 12.2. The van der Waals surface area contributed by atoms with Crippen LogP contribution in [0, 0.1) is 0 Å². The number of fused-ring (bicyclic) bond motifs is 1. The van der Waals surface area contributed by atoms with Crippen LogP contribution in [0.4, 0.5) is 11.4 Å². The quantitative estimate of drug-likeness (QED) is 0.631. The highest BCUT2D eigenvalue weighted by Gasteiger charge is 2.12. The van der Waals surface area contributed by atoms with E-state index in [2.05, 4.69) is 31.2 Å². The average Bonchev–Trinajstić information content (AvgIpc) is 2.89. The van der Waals surface area contributed by atoms with Crippen molar-refractivity contribution in [2.75, 3.05) is 11.1 Å². The van der Waals surface area contributed by atoms with Crippen LogP contribution in [-0.2, 0) is 0 Å². The molecule has 0 aliphatic carbocycles. The van der Waals surface area contributed by atoms with Crippen LogP contribution in [0.25, 0.3) is 11.0 Å². The number of aromatic nitrogens is 2. The fourth-order valence-electron chi connectivity index (χ4n) is 1.95. The molecule has 20 heavy (non-hydrogen) atoms. The Labute approximate surface area is 123 Å². The first-order chi connectivity index (χ1) is 9.65. The normalized spacial score (nSPS) is 10.7. The first kappa shape index (κ1) is 12.7. The zero-order valence-electron chi connectivity index (χ0n) is 10.4. The molecule has 4 N–H and O–H groups in total. The number of nitrogens with one attached hydrogen (secondary N) is 2. The molecule has 0 unspecified atom stereocenters. The van der Waals surface area contributed by atoms with Gasteiger partial charge >= 0.3 is 0 Å². The van der Waals surface area contributed by atoms with E-state index in [0.29, 0.717) is 21.4 Å². The number of halogens is 1. The van der Waals surface area contributed by atoms with E-state index in [1.807, 2.05) is 12.1 Å². The van der Waals surface area contributed by atoms with Gasteiger partial charge in [-0.25, -0.2) is 4.98 Å². The van der Waals surface area contributed by atoms with Crippen LogP contribution in [0.15, 0.2) is 47.2 Å². The van der Waals surface area contributed by atoms with Crippen LogP contribution in [0.5, 0.6) is 0 Å². The molecule has 6 heteroatoms. The first-order valence-electron chi connectivity index (χ1n) is 5.93. The Balaban J connectivity index is 1.90. The van der Waals surface area contributed by atoms with Crippen molar-refractivity contribution in [3.8, 4) is 0 Å². The lowest BCUT2D eigenvalue weighted by molar-refractivity contribution is 0.102. The Morgan fingerprint density at radius 1 is 1.30 bits per heavy atom.